The minimum atomic E-state index is -0.560. The summed E-state index contributed by atoms with van der Waals surface area (Å²) in [7, 11) is 0. The summed E-state index contributed by atoms with van der Waals surface area (Å²) in [4.78, 5) is 2.42. The first kappa shape index (κ1) is 13.5. The topological polar surface area (TPSA) is 23.5 Å². The van der Waals surface area contributed by atoms with Crippen LogP contribution in [0.1, 0.15) is 44.3 Å². The van der Waals surface area contributed by atoms with Gasteiger partial charge in [0.2, 0.25) is 0 Å². The number of piperidine rings is 1. The third kappa shape index (κ3) is 3.53. The summed E-state index contributed by atoms with van der Waals surface area (Å²) in [5.41, 5.74) is 0.680. The first-order valence-electron chi connectivity index (χ1n) is 6.84. The van der Waals surface area contributed by atoms with E-state index in [9.17, 15) is 9.50 Å². The second-order valence-corrected chi connectivity index (χ2v) is 5.24. The fraction of sp³-hybridized carbons (Fsp3) is 0.600. The molecular weight excluding hydrogens is 229 g/mol. The molecule has 1 aliphatic rings. The highest BCUT2D eigenvalue weighted by Crippen LogP contribution is 2.21. The number of aliphatic hydroxyl groups excluding tert-OH is 1. The fourth-order valence-electron chi connectivity index (χ4n) is 2.66. The van der Waals surface area contributed by atoms with Gasteiger partial charge in [-0.1, -0.05) is 18.6 Å². The van der Waals surface area contributed by atoms with Crippen molar-refractivity contribution in [2.75, 3.05) is 13.1 Å². The number of hydrogen-bond donors (Lipinski definition) is 1. The summed E-state index contributed by atoms with van der Waals surface area (Å²) in [6, 6.07) is 6.87. The maximum absolute atomic E-state index is 13.1. The van der Waals surface area contributed by atoms with Crippen molar-refractivity contribution in [3.63, 3.8) is 0 Å². The molecule has 100 valence electrons. The molecule has 0 amide bonds. The SMILES string of the molecule is CC1CCCCN1CCC(O)c1cccc(F)c1. The highest BCUT2D eigenvalue weighted by molar-refractivity contribution is 5.18. The molecule has 2 atom stereocenters. The maximum Gasteiger partial charge on any atom is 0.123 e. The highest BCUT2D eigenvalue weighted by Gasteiger charge is 2.19. The number of halogens is 1. The van der Waals surface area contributed by atoms with Gasteiger partial charge in [-0.05, 0) is 50.4 Å². The molecule has 2 nitrogen and oxygen atoms in total. The Balaban J connectivity index is 1.86. The average molecular weight is 251 g/mol. The Morgan fingerprint density at radius 2 is 2.28 bits per heavy atom. The van der Waals surface area contributed by atoms with E-state index in [0.29, 0.717) is 18.0 Å². The maximum atomic E-state index is 13.1. The molecule has 0 spiro atoms. The van der Waals surface area contributed by atoms with Crippen LogP contribution in [0, 0.1) is 5.82 Å². The van der Waals surface area contributed by atoms with Crippen LogP contribution in [0.4, 0.5) is 4.39 Å². The van der Waals surface area contributed by atoms with Crippen molar-refractivity contribution in [3.05, 3.63) is 35.6 Å². The lowest BCUT2D eigenvalue weighted by atomic mass is 10.0. The minimum Gasteiger partial charge on any atom is -0.388 e. The van der Waals surface area contributed by atoms with Gasteiger partial charge in [-0.25, -0.2) is 4.39 Å². The molecule has 0 radical (unpaired) electrons. The van der Waals surface area contributed by atoms with Crippen LogP contribution >= 0.6 is 0 Å². The molecule has 0 bridgehead atoms. The third-order valence-electron chi connectivity index (χ3n) is 3.86. The molecule has 1 saturated heterocycles. The Bertz CT molecular complexity index is 383. The van der Waals surface area contributed by atoms with Crippen LogP contribution in [0.15, 0.2) is 24.3 Å². The van der Waals surface area contributed by atoms with E-state index < -0.39 is 6.10 Å². The van der Waals surface area contributed by atoms with Crippen molar-refractivity contribution in [1.82, 2.24) is 4.90 Å². The monoisotopic (exact) mass is 251 g/mol. The van der Waals surface area contributed by atoms with Gasteiger partial charge < -0.3 is 10.0 Å². The molecule has 0 aliphatic carbocycles. The molecule has 0 aromatic heterocycles. The van der Waals surface area contributed by atoms with Crippen LogP contribution < -0.4 is 0 Å². The molecule has 2 unspecified atom stereocenters. The molecule has 18 heavy (non-hydrogen) atoms. The zero-order valence-corrected chi connectivity index (χ0v) is 11.0. The molecule has 1 fully saturated rings. The van der Waals surface area contributed by atoms with E-state index in [1.807, 2.05) is 0 Å². The summed E-state index contributed by atoms with van der Waals surface area (Å²) >= 11 is 0. The smallest absolute Gasteiger partial charge is 0.123 e. The Morgan fingerprint density at radius 1 is 1.44 bits per heavy atom. The number of rotatable bonds is 4. The van der Waals surface area contributed by atoms with Crippen LogP contribution in [-0.4, -0.2) is 29.1 Å². The number of aliphatic hydroxyl groups is 1. The van der Waals surface area contributed by atoms with Gasteiger partial charge in [-0.3, -0.25) is 0 Å². The number of hydrogen-bond acceptors (Lipinski definition) is 2. The third-order valence-corrected chi connectivity index (χ3v) is 3.86. The van der Waals surface area contributed by atoms with Gasteiger partial charge in [0.15, 0.2) is 0 Å². The molecule has 1 aromatic carbocycles. The van der Waals surface area contributed by atoms with E-state index in [-0.39, 0.29) is 5.82 Å². The number of likely N-dealkylation sites (tertiary alicyclic amines) is 1. The van der Waals surface area contributed by atoms with Crippen LogP contribution in [0.25, 0.3) is 0 Å². The summed E-state index contributed by atoms with van der Waals surface area (Å²) in [6.07, 6.45) is 3.92. The van der Waals surface area contributed by atoms with Gasteiger partial charge in [-0.2, -0.15) is 0 Å². The minimum absolute atomic E-state index is 0.280. The van der Waals surface area contributed by atoms with Crippen molar-refractivity contribution in [1.29, 1.82) is 0 Å². The molecule has 3 heteroatoms. The Morgan fingerprint density at radius 3 is 3.00 bits per heavy atom. The van der Waals surface area contributed by atoms with Crippen LogP contribution in [0.5, 0.6) is 0 Å². The predicted molar refractivity (Wildman–Crippen MR) is 70.9 cm³/mol. The molecule has 2 rings (SSSR count). The van der Waals surface area contributed by atoms with Gasteiger partial charge in [-0.15, -0.1) is 0 Å². The second kappa shape index (κ2) is 6.30. The standard InChI is InChI=1S/C15H22FNO/c1-12-5-2-3-9-17(12)10-8-15(18)13-6-4-7-14(16)11-13/h4,6-7,11-12,15,18H,2-3,5,8-10H2,1H3. The average Bonchev–Trinajstić information content (AvgIpc) is 2.37. The summed E-state index contributed by atoms with van der Waals surface area (Å²) < 4.78 is 13.1. The van der Waals surface area contributed by atoms with Crippen molar-refractivity contribution in [3.8, 4) is 0 Å². The molecule has 1 aromatic rings. The molecule has 1 N–H and O–H groups in total. The summed E-state index contributed by atoms with van der Waals surface area (Å²) in [5.74, 6) is -0.280. The predicted octanol–water partition coefficient (Wildman–Crippen LogP) is 3.12. The molecule has 1 aliphatic heterocycles. The lowest BCUT2D eigenvalue weighted by Crippen LogP contribution is -2.38. The van der Waals surface area contributed by atoms with Crippen LogP contribution in [0.2, 0.25) is 0 Å². The van der Waals surface area contributed by atoms with Gasteiger partial charge in [0.05, 0.1) is 6.10 Å². The zero-order valence-electron chi connectivity index (χ0n) is 11.0. The fourth-order valence-corrected chi connectivity index (χ4v) is 2.66. The van der Waals surface area contributed by atoms with Gasteiger partial charge in [0.25, 0.3) is 0 Å². The highest BCUT2D eigenvalue weighted by atomic mass is 19.1. The van der Waals surface area contributed by atoms with E-state index in [4.69, 9.17) is 0 Å². The Labute approximate surface area is 108 Å². The lowest BCUT2D eigenvalue weighted by Gasteiger charge is -2.33. The quantitative estimate of drug-likeness (QED) is 0.888. The number of nitrogens with zero attached hydrogens (tertiary/aromatic N) is 1. The van der Waals surface area contributed by atoms with Crippen molar-refractivity contribution in [2.24, 2.45) is 0 Å². The summed E-state index contributed by atoms with van der Waals surface area (Å²) in [5, 5.41) is 10.1. The van der Waals surface area contributed by atoms with Crippen molar-refractivity contribution in [2.45, 2.75) is 44.8 Å². The normalized spacial score (nSPS) is 22.9. The van der Waals surface area contributed by atoms with Gasteiger partial charge in [0.1, 0.15) is 5.82 Å². The van der Waals surface area contributed by atoms with E-state index in [0.717, 1.165) is 13.1 Å². The second-order valence-electron chi connectivity index (χ2n) is 5.24. The largest absolute Gasteiger partial charge is 0.388 e. The Kier molecular flexibility index (Phi) is 4.72. The molecule has 0 saturated carbocycles. The van der Waals surface area contributed by atoms with Crippen LogP contribution in [-0.2, 0) is 0 Å². The summed E-state index contributed by atoms with van der Waals surface area (Å²) in [6.45, 7) is 4.25. The zero-order chi connectivity index (χ0) is 13.0. The van der Waals surface area contributed by atoms with E-state index in [1.165, 1.54) is 31.4 Å². The van der Waals surface area contributed by atoms with E-state index >= 15 is 0 Å². The first-order valence-corrected chi connectivity index (χ1v) is 6.84. The first-order chi connectivity index (χ1) is 8.66. The Hall–Kier alpha value is -0.930. The van der Waals surface area contributed by atoms with Gasteiger partial charge in [0, 0.05) is 12.6 Å². The van der Waals surface area contributed by atoms with Crippen molar-refractivity contribution >= 4 is 0 Å². The van der Waals surface area contributed by atoms with Gasteiger partial charge >= 0.3 is 0 Å². The van der Waals surface area contributed by atoms with Crippen LogP contribution in [0.3, 0.4) is 0 Å². The molecule has 1 heterocycles. The van der Waals surface area contributed by atoms with Crippen molar-refractivity contribution < 1.29 is 9.50 Å². The van der Waals surface area contributed by atoms with E-state index in [1.54, 1.807) is 12.1 Å². The van der Waals surface area contributed by atoms with E-state index in [2.05, 4.69) is 11.8 Å². The molecular formula is C15H22FNO. The number of benzene rings is 1. The lowest BCUT2D eigenvalue weighted by molar-refractivity contribution is 0.109.